The molecule has 1 aliphatic heterocycles. The number of amides is 1. The highest BCUT2D eigenvalue weighted by atomic mass is 32.2. The first kappa shape index (κ1) is 15.8. The second-order valence-electron chi connectivity index (χ2n) is 5.91. The first-order valence-electron chi connectivity index (χ1n) is 7.34. The number of primary sulfonamides is 1. The zero-order chi connectivity index (χ0) is 16.9. The minimum Gasteiger partial charge on any atom is -0.353 e. The van der Waals surface area contributed by atoms with E-state index in [1.165, 1.54) is 0 Å². The molecule has 0 spiro atoms. The lowest BCUT2D eigenvalue weighted by Gasteiger charge is -2.19. The summed E-state index contributed by atoms with van der Waals surface area (Å²) < 4.78 is 23.4. The summed E-state index contributed by atoms with van der Waals surface area (Å²) in [6, 6.07) is 5.95. The van der Waals surface area contributed by atoms with Gasteiger partial charge in [-0.2, -0.15) is 0 Å². The van der Waals surface area contributed by atoms with Crippen LogP contribution in [0.3, 0.4) is 0 Å². The minimum atomic E-state index is -3.87. The molecule has 7 heteroatoms. The van der Waals surface area contributed by atoms with E-state index in [-0.39, 0.29) is 16.5 Å². The van der Waals surface area contributed by atoms with Crippen molar-refractivity contribution in [2.45, 2.75) is 32.1 Å². The number of carbonyl (C=O) groups is 1. The Kier molecular flexibility index (Phi) is 3.57. The molecule has 0 atom stereocenters. The number of nitrogens with one attached hydrogen (secondary N) is 1. The highest BCUT2D eigenvalue weighted by molar-refractivity contribution is 7.89. The molecule has 1 aromatic carbocycles. The zero-order valence-electron chi connectivity index (χ0n) is 13.3. The molecule has 2 heterocycles. The summed E-state index contributed by atoms with van der Waals surface area (Å²) in [6.07, 6.45) is 0.795. The summed E-state index contributed by atoms with van der Waals surface area (Å²) in [7, 11) is -3.87. The Labute approximate surface area is 135 Å². The normalized spacial score (nSPS) is 14.2. The number of sulfonamides is 1. The minimum absolute atomic E-state index is 0.00468. The van der Waals surface area contributed by atoms with Crippen LogP contribution >= 0.6 is 0 Å². The van der Waals surface area contributed by atoms with Gasteiger partial charge in [-0.15, -0.1) is 0 Å². The van der Waals surface area contributed by atoms with E-state index >= 15 is 0 Å². The van der Waals surface area contributed by atoms with Gasteiger partial charge in [0.05, 0.1) is 5.69 Å². The number of nitrogens with two attached hydrogens (primary N) is 1. The molecule has 0 fully saturated rings. The third kappa shape index (κ3) is 2.46. The molecule has 6 nitrogen and oxygen atoms in total. The van der Waals surface area contributed by atoms with E-state index in [0.29, 0.717) is 17.8 Å². The second kappa shape index (κ2) is 5.21. The summed E-state index contributed by atoms with van der Waals surface area (Å²) in [6.45, 7) is 5.76. The van der Waals surface area contributed by atoms with E-state index in [1.54, 1.807) is 18.7 Å². The van der Waals surface area contributed by atoms with Gasteiger partial charge < -0.3 is 9.88 Å². The molecular weight excluding hydrogens is 314 g/mol. The number of hydrogen-bond acceptors (Lipinski definition) is 3. The van der Waals surface area contributed by atoms with Crippen LogP contribution in [0.25, 0.3) is 0 Å². The van der Waals surface area contributed by atoms with Crippen molar-refractivity contribution in [1.29, 1.82) is 0 Å². The van der Waals surface area contributed by atoms with Crippen LogP contribution < -0.4 is 10.0 Å². The quantitative estimate of drug-likeness (QED) is 0.877. The number of aryl methyl sites for hydroxylation is 2. The fraction of sp³-hybridized carbons (Fsp3) is 0.312. The molecule has 1 aliphatic rings. The topological polar surface area (TPSA) is 96.3 Å². The smallest absolute Gasteiger partial charge is 0.275 e. The van der Waals surface area contributed by atoms with Crippen molar-refractivity contribution in [1.82, 2.24) is 4.98 Å². The van der Waals surface area contributed by atoms with Crippen LogP contribution in [0, 0.1) is 20.8 Å². The number of fused-ring (bicyclic) bond motifs is 1. The number of aromatic amines is 1. The van der Waals surface area contributed by atoms with E-state index in [9.17, 15) is 13.2 Å². The van der Waals surface area contributed by atoms with Crippen LogP contribution in [0.2, 0.25) is 0 Å². The Morgan fingerprint density at radius 1 is 1.26 bits per heavy atom. The van der Waals surface area contributed by atoms with E-state index in [4.69, 9.17) is 5.14 Å². The van der Waals surface area contributed by atoms with Gasteiger partial charge in [-0.25, -0.2) is 13.6 Å². The van der Waals surface area contributed by atoms with Gasteiger partial charge in [0.15, 0.2) is 0 Å². The van der Waals surface area contributed by atoms with Crippen molar-refractivity contribution < 1.29 is 13.2 Å². The summed E-state index contributed by atoms with van der Waals surface area (Å²) >= 11 is 0. The van der Waals surface area contributed by atoms with Crippen molar-refractivity contribution in [2.24, 2.45) is 5.14 Å². The fourth-order valence-electron chi connectivity index (χ4n) is 3.36. The lowest BCUT2D eigenvalue weighted by molar-refractivity contribution is 0.0984. The van der Waals surface area contributed by atoms with Gasteiger partial charge in [-0.1, -0.05) is 18.2 Å². The monoisotopic (exact) mass is 333 g/mol. The number of rotatable bonds is 2. The molecule has 1 aromatic heterocycles. The van der Waals surface area contributed by atoms with Gasteiger partial charge in [0, 0.05) is 12.2 Å². The molecule has 2 aromatic rings. The molecule has 0 saturated heterocycles. The predicted molar refractivity (Wildman–Crippen MR) is 88.2 cm³/mol. The van der Waals surface area contributed by atoms with Gasteiger partial charge in [-0.05, 0) is 43.9 Å². The Hall–Kier alpha value is -2.12. The SMILES string of the molecule is Cc1cccc2c1N(C(=O)c1[nH]c(C)c(S(N)(=O)=O)c1C)CC2. The number of anilines is 1. The first-order valence-corrected chi connectivity index (χ1v) is 8.88. The maximum Gasteiger partial charge on any atom is 0.275 e. The number of carbonyl (C=O) groups excluding carboxylic acids is 1. The van der Waals surface area contributed by atoms with Crippen LogP contribution in [-0.2, 0) is 16.4 Å². The maximum atomic E-state index is 12.9. The van der Waals surface area contributed by atoms with E-state index in [1.807, 2.05) is 25.1 Å². The highest BCUT2D eigenvalue weighted by Crippen LogP contribution is 2.33. The molecular formula is C16H19N3O3S. The third-order valence-corrected chi connectivity index (χ3v) is 5.49. The first-order chi connectivity index (χ1) is 10.7. The number of H-pyrrole nitrogens is 1. The molecule has 0 saturated carbocycles. The average molecular weight is 333 g/mol. The number of para-hydroxylation sites is 1. The van der Waals surface area contributed by atoms with Crippen LogP contribution in [-0.4, -0.2) is 25.9 Å². The van der Waals surface area contributed by atoms with Crippen LogP contribution in [0.5, 0.6) is 0 Å². The second-order valence-corrected chi connectivity index (χ2v) is 7.41. The Morgan fingerprint density at radius 3 is 2.57 bits per heavy atom. The fourth-order valence-corrected chi connectivity index (χ4v) is 4.37. The van der Waals surface area contributed by atoms with Gasteiger partial charge in [-0.3, -0.25) is 4.79 Å². The number of benzene rings is 1. The van der Waals surface area contributed by atoms with Gasteiger partial charge in [0.25, 0.3) is 5.91 Å². The Balaban J connectivity index is 2.08. The summed E-state index contributed by atoms with van der Waals surface area (Å²) in [5.74, 6) is -0.228. The molecule has 0 aliphatic carbocycles. The van der Waals surface area contributed by atoms with Crippen molar-refractivity contribution in [2.75, 3.05) is 11.4 Å². The molecule has 3 N–H and O–H groups in total. The molecule has 1 amide bonds. The van der Waals surface area contributed by atoms with Crippen LogP contribution in [0.15, 0.2) is 23.1 Å². The van der Waals surface area contributed by atoms with Crippen molar-refractivity contribution in [3.63, 3.8) is 0 Å². The van der Waals surface area contributed by atoms with Crippen molar-refractivity contribution >= 4 is 21.6 Å². The van der Waals surface area contributed by atoms with Crippen LogP contribution in [0.1, 0.15) is 32.9 Å². The number of nitrogens with zero attached hydrogens (tertiary/aromatic N) is 1. The van der Waals surface area contributed by atoms with Gasteiger partial charge >= 0.3 is 0 Å². The zero-order valence-corrected chi connectivity index (χ0v) is 14.1. The highest BCUT2D eigenvalue weighted by Gasteiger charge is 2.31. The lowest BCUT2D eigenvalue weighted by Crippen LogP contribution is -2.30. The number of aromatic nitrogens is 1. The van der Waals surface area contributed by atoms with E-state index in [0.717, 1.165) is 23.2 Å². The van der Waals surface area contributed by atoms with E-state index in [2.05, 4.69) is 4.98 Å². The average Bonchev–Trinajstić information content (AvgIpc) is 2.99. The Morgan fingerprint density at radius 2 is 1.96 bits per heavy atom. The third-order valence-electron chi connectivity index (χ3n) is 4.31. The Bertz CT molecular complexity index is 913. The van der Waals surface area contributed by atoms with Gasteiger partial charge in [0.1, 0.15) is 10.6 Å². The summed E-state index contributed by atoms with van der Waals surface area (Å²) in [4.78, 5) is 17.5. The number of hydrogen-bond donors (Lipinski definition) is 2. The lowest BCUT2D eigenvalue weighted by atomic mass is 10.1. The van der Waals surface area contributed by atoms with Crippen molar-refractivity contribution in [3.8, 4) is 0 Å². The van der Waals surface area contributed by atoms with E-state index < -0.39 is 10.0 Å². The molecule has 0 radical (unpaired) electrons. The summed E-state index contributed by atoms with van der Waals surface area (Å²) in [5, 5.41) is 5.25. The maximum absolute atomic E-state index is 12.9. The largest absolute Gasteiger partial charge is 0.353 e. The standard InChI is InChI=1S/C16H19N3O3S/c1-9-5-4-6-12-7-8-19(14(9)12)16(20)13-10(2)15(11(3)18-13)23(17,21)22/h4-6,18H,7-8H2,1-3H3,(H2,17,21,22). The molecule has 122 valence electrons. The van der Waals surface area contributed by atoms with Gasteiger partial charge in [0.2, 0.25) is 10.0 Å². The van der Waals surface area contributed by atoms with Crippen LogP contribution in [0.4, 0.5) is 5.69 Å². The molecule has 23 heavy (non-hydrogen) atoms. The molecule has 0 unspecified atom stereocenters. The molecule has 3 rings (SSSR count). The summed E-state index contributed by atoms with van der Waals surface area (Å²) in [5.41, 5.74) is 4.12. The molecule has 0 bridgehead atoms. The van der Waals surface area contributed by atoms with Crippen molar-refractivity contribution in [3.05, 3.63) is 46.3 Å². The predicted octanol–water partition coefficient (Wildman–Crippen LogP) is 1.79.